The fraction of sp³-hybridized carbons (Fsp3) is 0.381. The van der Waals surface area contributed by atoms with Gasteiger partial charge in [-0.3, -0.25) is 4.79 Å². The van der Waals surface area contributed by atoms with Crippen LogP contribution in [0.25, 0.3) is 0 Å². The molecule has 134 valence electrons. The van der Waals surface area contributed by atoms with Crippen LogP contribution in [-0.2, 0) is 11.2 Å². The zero-order valence-corrected chi connectivity index (χ0v) is 15.5. The molecule has 0 bridgehead atoms. The lowest BCUT2D eigenvalue weighted by atomic mass is 10.1. The van der Waals surface area contributed by atoms with Gasteiger partial charge in [-0.15, -0.1) is 0 Å². The summed E-state index contributed by atoms with van der Waals surface area (Å²) in [5.41, 5.74) is 3.42. The van der Waals surface area contributed by atoms with Crippen molar-refractivity contribution in [2.45, 2.75) is 40.2 Å². The number of amides is 1. The Morgan fingerprint density at radius 1 is 1.08 bits per heavy atom. The number of benzene rings is 2. The van der Waals surface area contributed by atoms with Crippen molar-refractivity contribution in [3.05, 3.63) is 59.2 Å². The van der Waals surface area contributed by atoms with E-state index in [9.17, 15) is 4.79 Å². The van der Waals surface area contributed by atoms with Crippen LogP contribution in [0.3, 0.4) is 0 Å². The summed E-state index contributed by atoms with van der Waals surface area (Å²) in [7, 11) is 0. The molecule has 0 aromatic heterocycles. The molecule has 2 aromatic carbocycles. The maximum atomic E-state index is 12.2. The maximum Gasteiger partial charge on any atom is 0.260 e. The molecule has 0 spiro atoms. The van der Waals surface area contributed by atoms with Gasteiger partial charge in [0, 0.05) is 0 Å². The summed E-state index contributed by atoms with van der Waals surface area (Å²) in [5.74, 6) is 1.48. The van der Waals surface area contributed by atoms with Gasteiger partial charge >= 0.3 is 0 Å². The lowest BCUT2D eigenvalue weighted by Crippen LogP contribution is -2.38. The van der Waals surface area contributed by atoms with E-state index in [0.717, 1.165) is 29.0 Å². The summed E-state index contributed by atoms with van der Waals surface area (Å²) in [6.45, 7) is 8.77. The summed E-state index contributed by atoms with van der Waals surface area (Å²) in [6.07, 6.45) is 0.321. The second kappa shape index (κ2) is 9.11. The first-order valence-corrected chi connectivity index (χ1v) is 8.74. The first kappa shape index (κ1) is 18.8. The van der Waals surface area contributed by atoms with Gasteiger partial charge in [0.15, 0.2) is 6.10 Å². The highest BCUT2D eigenvalue weighted by Crippen LogP contribution is 2.21. The number of hydrogen-bond donors (Lipinski definition) is 1. The molecule has 0 saturated carbocycles. The lowest BCUT2D eigenvalue weighted by molar-refractivity contribution is -0.127. The van der Waals surface area contributed by atoms with E-state index in [4.69, 9.17) is 9.47 Å². The van der Waals surface area contributed by atoms with Crippen molar-refractivity contribution in [1.29, 1.82) is 0 Å². The highest BCUT2D eigenvalue weighted by atomic mass is 16.5. The van der Waals surface area contributed by atoms with Gasteiger partial charge in [0.05, 0.1) is 6.54 Å². The predicted molar refractivity (Wildman–Crippen MR) is 100 cm³/mol. The van der Waals surface area contributed by atoms with Crippen molar-refractivity contribution in [1.82, 2.24) is 5.32 Å². The van der Waals surface area contributed by atoms with E-state index in [-0.39, 0.29) is 5.91 Å². The number of ether oxygens (including phenoxy) is 2. The molecule has 1 amide bonds. The number of carbonyl (C=O) groups excluding carboxylic acids is 1. The molecule has 1 N–H and O–H groups in total. The van der Waals surface area contributed by atoms with Crippen LogP contribution in [0.1, 0.15) is 30.5 Å². The standard InChI is InChI=1S/C21H27NO3/c1-5-18-10-6-7-11-20(18)25-17(4)21(23)22-13-14-24-19-12-8-9-15(2)16(19)3/h6-12,17H,5,13-14H2,1-4H3,(H,22,23). The average Bonchev–Trinajstić information content (AvgIpc) is 2.62. The van der Waals surface area contributed by atoms with Crippen molar-refractivity contribution in [2.75, 3.05) is 13.2 Å². The van der Waals surface area contributed by atoms with E-state index < -0.39 is 6.10 Å². The third-order valence-corrected chi connectivity index (χ3v) is 4.24. The average molecular weight is 341 g/mol. The first-order chi connectivity index (χ1) is 12.0. The Balaban J connectivity index is 1.79. The highest BCUT2D eigenvalue weighted by Gasteiger charge is 2.15. The molecule has 0 aliphatic rings. The Kier molecular flexibility index (Phi) is 6.87. The molecular weight excluding hydrogens is 314 g/mol. The molecule has 2 rings (SSSR count). The molecule has 2 aromatic rings. The molecule has 1 unspecified atom stereocenters. The van der Waals surface area contributed by atoms with Gasteiger partial charge in [-0.25, -0.2) is 0 Å². The Labute approximate surface area is 150 Å². The normalized spacial score (nSPS) is 11.7. The van der Waals surface area contributed by atoms with Crippen LogP contribution in [0, 0.1) is 13.8 Å². The third kappa shape index (κ3) is 5.24. The summed E-state index contributed by atoms with van der Waals surface area (Å²) in [4.78, 5) is 12.2. The molecule has 4 nitrogen and oxygen atoms in total. The molecule has 0 aliphatic heterocycles. The quantitative estimate of drug-likeness (QED) is 0.742. The second-order valence-electron chi connectivity index (χ2n) is 6.06. The molecule has 1 atom stereocenters. The molecular formula is C21H27NO3. The van der Waals surface area contributed by atoms with Gasteiger partial charge in [0.2, 0.25) is 0 Å². The number of hydrogen-bond acceptors (Lipinski definition) is 3. The van der Waals surface area contributed by atoms with Gasteiger partial charge < -0.3 is 14.8 Å². The van der Waals surface area contributed by atoms with Gasteiger partial charge in [-0.2, -0.15) is 0 Å². The van der Waals surface area contributed by atoms with Gasteiger partial charge in [-0.05, 0) is 56.0 Å². The van der Waals surface area contributed by atoms with Gasteiger partial charge in [0.25, 0.3) is 5.91 Å². The van der Waals surface area contributed by atoms with Gasteiger partial charge in [0.1, 0.15) is 18.1 Å². The fourth-order valence-corrected chi connectivity index (χ4v) is 2.51. The summed E-state index contributed by atoms with van der Waals surface area (Å²) in [6, 6.07) is 13.8. The minimum absolute atomic E-state index is 0.143. The molecule has 25 heavy (non-hydrogen) atoms. The summed E-state index contributed by atoms with van der Waals surface area (Å²) in [5, 5.41) is 2.86. The summed E-state index contributed by atoms with van der Waals surface area (Å²) < 4.78 is 11.5. The van der Waals surface area contributed by atoms with E-state index >= 15 is 0 Å². The highest BCUT2D eigenvalue weighted by molar-refractivity contribution is 5.80. The third-order valence-electron chi connectivity index (χ3n) is 4.24. The van der Waals surface area contributed by atoms with E-state index in [0.29, 0.717) is 13.2 Å². The van der Waals surface area contributed by atoms with Crippen molar-refractivity contribution < 1.29 is 14.3 Å². The lowest BCUT2D eigenvalue weighted by Gasteiger charge is -2.17. The molecule has 4 heteroatoms. The van der Waals surface area contributed by atoms with Crippen molar-refractivity contribution >= 4 is 5.91 Å². The largest absolute Gasteiger partial charge is 0.491 e. The van der Waals surface area contributed by atoms with Crippen LogP contribution < -0.4 is 14.8 Å². The van der Waals surface area contributed by atoms with Crippen LogP contribution in [0.15, 0.2) is 42.5 Å². The number of aryl methyl sites for hydroxylation is 2. The fourth-order valence-electron chi connectivity index (χ4n) is 2.51. The molecule has 0 saturated heterocycles. The Morgan fingerprint density at radius 3 is 2.56 bits per heavy atom. The monoisotopic (exact) mass is 341 g/mol. The first-order valence-electron chi connectivity index (χ1n) is 8.74. The van der Waals surface area contributed by atoms with Crippen molar-refractivity contribution in [3.63, 3.8) is 0 Å². The van der Waals surface area contributed by atoms with Crippen LogP contribution in [0.2, 0.25) is 0 Å². The van der Waals surface area contributed by atoms with E-state index in [1.807, 2.05) is 43.3 Å². The number of para-hydroxylation sites is 1. The van der Waals surface area contributed by atoms with Crippen LogP contribution in [-0.4, -0.2) is 25.2 Å². The number of carbonyl (C=O) groups is 1. The van der Waals surface area contributed by atoms with E-state index in [2.05, 4.69) is 25.2 Å². The zero-order chi connectivity index (χ0) is 18.2. The van der Waals surface area contributed by atoms with Crippen molar-refractivity contribution in [2.24, 2.45) is 0 Å². The van der Waals surface area contributed by atoms with Crippen LogP contribution >= 0.6 is 0 Å². The molecule has 0 radical (unpaired) electrons. The van der Waals surface area contributed by atoms with Crippen LogP contribution in [0.5, 0.6) is 11.5 Å². The van der Waals surface area contributed by atoms with Crippen LogP contribution in [0.4, 0.5) is 0 Å². The Bertz CT molecular complexity index is 712. The minimum Gasteiger partial charge on any atom is -0.491 e. The minimum atomic E-state index is -0.548. The SMILES string of the molecule is CCc1ccccc1OC(C)C(=O)NCCOc1cccc(C)c1C. The van der Waals surface area contributed by atoms with E-state index in [1.54, 1.807) is 6.92 Å². The number of rotatable bonds is 8. The Morgan fingerprint density at radius 2 is 1.80 bits per heavy atom. The molecule has 0 fully saturated rings. The summed E-state index contributed by atoms with van der Waals surface area (Å²) >= 11 is 0. The zero-order valence-electron chi connectivity index (χ0n) is 15.5. The Hall–Kier alpha value is -2.49. The topological polar surface area (TPSA) is 47.6 Å². The maximum absolute atomic E-state index is 12.2. The van der Waals surface area contributed by atoms with Gasteiger partial charge in [-0.1, -0.05) is 37.3 Å². The smallest absolute Gasteiger partial charge is 0.260 e. The van der Waals surface area contributed by atoms with E-state index in [1.165, 1.54) is 5.56 Å². The van der Waals surface area contributed by atoms with Crippen molar-refractivity contribution in [3.8, 4) is 11.5 Å². The number of nitrogens with one attached hydrogen (secondary N) is 1. The molecule has 0 heterocycles. The predicted octanol–water partition coefficient (Wildman–Crippen LogP) is 3.83. The molecule has 0 aliphatic carbocycles. The second-order valence-corrected chi connectivity index (χ2v) is 6.06.